The Hall–Kier alpha value is -2.34. The van der Waals surface area contributed by atoms with Crippen LogP contribution in [0.1, 0.15) is 81.0 Å². The fraction of sp³-hybridized carbons (Fsp3) is 0.533. The second-order valence-electron chi connectivity index (χ2n) is 10.6. The van der Waals surface area contributed by atoms with E-state index in [1.165, 1.54) is 11.1 Å². The molecule has 6 heteroatoms. The van der Waals surface area contributed by atoms with Crippen LogP contribution < -0.4 is 10.6 Å². The van der Waals surface area contributed by atoms with Crippen LogP contribution in [0.4, 0.5) is 5.69 Å². The van der Waals surface area contributed by atoms with Crippen LogP contribution in [0.3, 0.4) is 0 Å². The van der Waals surface area contributed by atoms with Crippen LogP contribution in [-0.4, -0.2) is 34.6 Å². The van der Waals surface area contributed by atoms with Crippen LogP contribution in [0.5, 0.6) is 0 Å². The summed E-state index contributed by atoms with van der Waals surface area (Å²) in [6.07, 6.45) is 8.48. The molecule has 5 rings (SSSR count). The summed E-state index contributed by atoms with van der Waals surface area (Å²) in [7, 11) is 0. The standard InChI is InChI=1S/C30H38BrN3O2/c31-19-10-2-5-17-27(35)32-26-16-9-7-14-23(26)30(36)34-20-18-24-28(21-11-3-1-4-12-21)33-25-15-8-6-13-22(25)29(24)34/h1,3-4,6,8,11-13,15,23-24,26,28-29,33H,2,5,7,9-10,14,16-20H2,(H,32,35)/t23-,24+,26+,28-,29-/m0/s1. The number of likely N-dealkylation sites (tertiary alicyclic amines) is 1. The molecule has 2 fully saturated rings. The van der Waals surface area contributed by atoms with Crippen LogP contribution >= 0.6 is 15.9 Å². The van der Waals surface area contributed by atoms with Crippen molar-refractivity contribution in [1.29, 1.82) is 0 Å². The van der Waals surface area contributed by atoms with E-state index in [9.17, 15) is 9.59 Å². The van der Waals surface area contributed by atoms with Gasteiger partial charge in [-0.1, -0.05) is 83.7 Å². The molecule has 5 atom stereocenters. The first-order chi connectivity index (χ1) is 17.7. The van der Waals surface area contributed by atoms with Crippen LogP contribution in [0.2, 0.25) is 0 Å². The Balaban J connectivity index is 1.35. The van der Waals surface area contributed by atoms with E-state index >= 15 is 0 Å². The number of carbonyl (C=O) groups excluding carboxylic acids is 2. The van der Waals surface area contributed by atoms with Crippen LogP contribution in [-0.2, 0) is 9.59 Å². The molecule has 0 aromatic heterocycles. The molecule has 0 bridgehead atoms. The van der Waals surface area contributed by atoms with E-state index in [4.69, 9.17) is 0 Å². The van der Waals surface area contributed by atoms with Crippen LogP contribution in [0, 0.1) is 11.8 Å². The highest BCUT2D eigenvalue weighted by atomic mass is 79.9. The van der Waals surface area contributed by atoms with Gasteiger partial charge in [0.15, 0.2) is 0 Å². The molecule has 2 aliphatic heterocycles. The number of unbranched alkanes of at least 4 members (excludes halogenated alkanes) is 2. The van der Waals surface area contributed by atoms with Gasteiger partial charge in [-0.25, -0.2) is 0 Å². The third kappa shape index (κ3) is 5.34. The van der Waals surface area contributed by atoms with E-state index in [0.717, 1.165) is 68.9 Å². The Morgan fingerprint density at radius 2 is 1.72 bits per heavy atom. The molecule has 0 radical (unpaired) electrons. The maximum absolute atomic E-state index is 14.1. The minimum absolute atomic E-state index is 0.0455. The first-order valence-electron chi connectivity index (χ1n) is 13.7. The molecule has 1 saturated heterocycles. The molecule has 2 aromatic rings. The van der Waals surface area contributed by atoms with Gasteiger partial charge < -0.3 is 15.5 Å². The third-order valence-corrected chi connectivity index (χ3v) is 8.93. The lowest BCUT2D eigenvalue weighted by atomic mass is 9.79. The quantitative estimate of drug-likeness (QED) is 0.296. The topological polar surface area (TPSA) is 61.4 Å². The van der Waals surface area contributed by atoms with Crippen molar-refractivity contribution in [3.63, 3.8) is 0 Å². The zero-order valence-electron chi connectivity index (χ0n) is 21.0. The van der Waals surface area contributed by atoms with Gasteiger partial charge >= 0.3 is 0 Å². The number of nitrogens with zero attached hydrogens (tertiary/aromatic N) is 1. The fourth-order valence-electron chi connectivity index (χ4n) is 6.61. The molecule has 0 unspecified atom stereocenters. The summed E-state index contributed by atoms with van der Waals surface area (Å²) in [6, 6.07) is 19.3. The Kier molecular flexibility index (Phi) is 8.30. The molecule has 5 nitrogen and oxygen atoms in total. The van der Waals surface area contributed by atoms with Crippen molar-refractivity contribution >= 4 is 33.4 Å². The molecule has 2 N–H and O–H groups in total. The number of carbonyl (C=O) groups is 2. The number of rotatable bonds is 8. The summed E-state index contributed by atoms with van der Waals surface area (Å²) >= 11 is 3.46. The lowest BCUT2D eigenvalue weighted by Gasteiger charge is -2.42. The molecule has 36 heavy (non-hydrogen) atoms. The zero-order valence-corrected chi connectivity index (χ0v) is 22.6. The maximum atomic E-state index is 14.1. The molecule has 192 valence electrons. The highest BCUT2D eigenvalue weighted by Gasteiger charge is 2.48. The lowest BCUT2D eigenvalue weighted by molar-refractivity contribution is -0.139. The smallest absolute Gasteiger partial charge is 0.228 e. The Labute approximate surface area is 223 Å². The Morgan fingerprint density at radius 1 is 0.944 bits per heavy atom. The first kappa shape index (κ1) is 25.3. The van der Waals surface area contributed by atoms with E-state index < -0.39 is 0 Å². The van der Waals surface area contributed by atoms with E-state index in [2.05, 4.69) is 86.1 Å². The fourth-order valence-corrected chi connectivity index (χ4v) is 7.01. The molecule has 0 spiro atoms. The summed E-state index contributed by atoms with van der Waals surface area (Å²) in [6.45, 7) is 0.775. The number of amides is 2. The van der Waals surface area contributed by atoms with Gasteiger partial charge in [0.25, 0.3) is 0 Å². The van der Waals surface area contributed by atoms with Gasteiger partial charge in [0.1, 0.15) is 0 Å². The minimum Gasteiger partial charge on any atom is -0.378 e. The number of alkyl halides is 1. The van der Waals surface area contributed by atoms with Crippen LogP contribution in [0.25, 0.3) is 0 Å². The van der Waals surface area contributed by atoms with Gasteiger partial charge in [-0.3, -0.25) is 9.59 Å². The predicted octanol–water partition coefficient (Wildman–Crippen LogP) is 6.37. The van der Waals surface area contributed by atoms with Gasteiger partial charge in [-0.2, -0.15) is 0 Å². The molecule has 2 heterocycles. The van der Waals surface area contributed by atoms with Gasteiger partial charge in [0.05, 0.1) is 18.0 Å². The van der Waals surface area contributed by atoms with Gasteiger partial charge in [-0.15, -0.1) is 0 Å². The SMILES string of the molecule is O=C(CCCCCBr)N[C@@H]1CCCC[C@@H]1C(=O)N1CC[C@@H]2[C@H](c3ccccc3)Nc3ccccc3[C@@H]21. The van der Waals surface area contributed by atoms with E-state index in [1.54, 1.807) is 0 Å². The van der Waals surface area contributed by atoms with E-state index in [0.29, 0.717) is 12.3 Å². The van der Waals surface area contributed by atoms with Crippen molar-refractivity contribution in [2.45, 2.75) is 75.9 Å². The minimum atomic E-state index is -0.124. The maximum Gasteiger partial charge on any atom is 0.228 e. The van der Waals surface area contributed by atoms with Crippen molar-refractivity contribution in [1.82, 2.24) is 10.2 Å². The second-order valence-corrected chi connectivity index (χ2v) is 11.4. The lowest BCUT2D eigenvalue weighted by Crippen LogP contribution is -2.50. The molecule has 1 saturated carbocycles. The number of halogens is 1. The van der Waals surface area contributed by atoms with Crippen molar-refractivity contribution in [3.8, 4) is 0 Å². The highest BCUT2D eigenvalue weighted by molar-refractivity contribution is 9.09. The summed E-state index contributed by atoms with van der Waals surface area (Å²) in [5, 5.41) is 8.04. The Morgan fingerprint density at radius 3 is 2.56 bits per heavy atom. The van der Waals surface area contributed by atoms with E-state index in [1.807, 2.05) is 0 Å². The Bertz CT molecular complexity index is 1050. The van der Waals surface area contributed by atoms with Crippen molar-refractivity contribution in [2.75, 3.05) is 17.2 Å². The average Bonchev–Trinajstić information content (AvgIpc) is 3.37. The molecule has 3 aliphatic rings. The first-order valence-corrected chi connectivity index (χ1v) is 14.9. The van der Waals surface area contributed by atoms with Gasteiger partial charge in [0.2, 0.25) is 11.8 Å². The number of anilines is 1. The summed E-state index contributed by atoms with van der Waals surface area (Å²) in [5.74, 6) is 0.541. The molecule has 2 aromatic carbocycles. The number of benzene rings is 2. The molecular formula is C30H38BrN3O2. The monoisotopic (exact) mass is 551 g/mol. The molecule has 2 amide bonds. The average molecular weight is 553 g/mol. The number of fused-ring (bicyclic) bond motifs is 3. The zero-order chi connectivity index (χ0) is 24.9. The molecule has 1 aliphatic carbocycles. The summed E-state index contributed by atoms with van der Waals surface area (Å²) in [4.78, 5) is 29.0. The largest absolute Gasteiger partial charge is 0.378 e. The number of hydrogen-bond donors (Lipinski definition) is 2. The number of para-hydroxylation sites is 1. The number of nitrogens with one attached hydrogen (secondary N) is 2. The second kappa shape index (κ2) is 11.8. The third-order valence-electron chi connectivity index (χ3n) is 8.37. The van der Waals surface area contributed by atoms with Gasteiger partial charge in [-0.05, 0) is 49.3 Å². The van der Waals surface area contributed by atoms with Crippen molar-refractivity contribution in [3.05, 3.63) is 65.7 Å². The highest BCUT2D eigenvalue weighted by Crippen LogP contribution is 2.51. The van der Waals surface area contributed by atoms with Gasteiger partial charge in [0, 0.05) is 35.9 Å². The van der Waals surface area contributed by atoms with E-state index in [-0.39, 0.29) is 35.9 Å². The van der Waals surface area contributed by atoms with Crippen LogP contribution in [0.15, 0.2) is 54.6 Å². The number of hydrogen-bond acceptors (Lipinski definition) is 3. The summed E-state index contributed by atoms with van der Waals surface area (Å²) < 4.78 is 0. The van der Waals surface area contributed by atoms with Crippen molar-refractivity contribution in [2.24, 2.45) is 11.8 Å². The molecular weight excluding hydrogens is 514 g/mol. The normalized spacial score (nSPS) is 27.0. The summed E-state index contributed by atoms with van der Waals surface area (Å²) in [5.41, 5.74) is 3.63. The van der Waals surface area contributed by atoms with Crippen molar-refractivity contribution < 1.29 is 9.59 Å². The predicted molar refractivity (Wildman–Crippen MR) is 148 cm³/mol.